The molecule has 2 aliphatic rings. The van der Waals surface area contributed by atoms with Crippen LogP contribution in [0.5, 0.6) is 0 Å². The maximum atomic E-state index is 3.59. The highest BCUT2D eigenvalue weighted by Gasteiger charge is 2.25. The van der Waals surface area contributed by atoms with E-state index in [1.54, 1.807) is 0 Å². The molecule has 2 rings (SSSR count). The van der Waals surface area contributed by atoms with Crippen molar-refractivity contribution >= 4 is 0 Å². The summed E-state index contributed by atoms with van der Waals surface area (Å²) in [5.41, 5.74) is 0. The van der Waals surface area contributed by atoms with Gasteiger partial charge in [-0.25, -0.2) is 0 Å². The van der Waals surface area contributed by atoms with E-state index in [1.807, 2.05) is 0 Å². The summed E-state index contributed by atoms with van der Waals surface area (Å²) < 4.78 is 0. The fourth-order valence-electron chi connectivity index (χ4n) is 2.34. The zero-order chi connectivity index (χ0) is 7.52. The van der Waals surface area contributed by atoms with E-state index >= 15 is 0 Å². The van der Waals surface area contributed by atoms with Gasteiger partial charge in [0.25, 0.3) is 0 Å². The van der Waals surface area contributed by atoms with Crippen LogP contribution in [0.3, 0.4) is 0 Å². The third-order valence-electron chi connectivity index (χ3n) is 3.00. The van der Waals surface area contributed by atoms with Crippen molar-refractivity contribution in [2.24, 2.45) is 5.92 Å². The molecule has 0 aliphatic carbocycles. The Kier molecular flexibility index (Phi) is 2.44. The molecule has 0 aromatic carbocycles. The Morgan fingerprint density at radius 3 is 2.55 bits per heavy atom. The minimum Gasteiger partial charge on any atom is -0.316 e. The summed E-state index contributed by atoms with van der Waals surface area (Å²) in [5, 5.41) is 7.06. The number of piperidine rings is 1. The molecule has 0 saturated carbocycles. The van der Waals surface area contributed by atoms with Crippen LogP contribution in [0.25, 0.3) is 0 Å². The SMILES string of the molecule is C1CNC[C@@H]([C@@H]2CCCN2)C1. The smallest absolute Gasteiger partial charge is 0.0108 e. The van der Waals surface area contributed by atoms with E-state index in [9.17, 15) is 0 Å². The molecular formula is C9H18N2. The van der Waals surface area contributed by atoms with Crippen molar-refractivity contribution in [1.82, 2.24) is 10.6 Å². The second-order valence-electron chi connectivity index (χ2n) is 3.81. The van der Waals surface area contributed by atoms with Gasteiger partial charge in [-0.3, -0.25) is 0 Å². The van der Waals surface area contributed by atoms with Gasteiger partial charge >= 0.3 is 0 Å². The Balaban J connectivity index is 1.82. The Hall–Kier alpha value is -0.0800. The normalized spacial score (nSPS) is 39.3. The van der Waals surface area contributed by atoms with Crippen LogP contribution >= 0.6 is 0 Å². The predicted octanol–water partition coefficient (Wildman–Crippen LogP) is 0.738. The van der Waals surface area contributed by atoms with Gasteiger partial charge in [0, 0.05) is 6.04 Å². The Morgan fingerprint density at radius 1 is 1.00 bits per heavy atom. The highest BCUT2D eigenvalue weighted by Crippen LogP contribution is 2.20. The Labute approximate surface area is 68.7 Å². The Bertz CT molecular complexity index is 113. The first-order chi connectivity index (χ1) is 5.47. The zero-order valence-electron chi connectivity index (χ0n) is 7.10. The zero-order valence-corrected chi connectivity index (χ0v) is 7.10. The van der Waals surface area contributed by atoms with Crippen molar-refractivity contribution in [2.75, 3.05) is 19.6 Å². The van der Waals surface area contributed by atoms with Crippen LogP contribution < -0.4 is 10.6 Å². The van der Waals surface area contributed by atoms with Gasteiger partial charge in [0.2, 0.25) is 0 Å². The molecule has 2 heteroatoms. The second kappa shape index (κ2) is 3.55. The Morgan fingerprint density at radius 2 is 1.91 bits per heavy atom. The van der Waals surface area contributed by atoms with Crippen LogP contribution in [0.4, 0.5) is 0 Å². The van der Waals surface area contributed by atoms with E-state index in [2.05, 4.69) is 10.6 Å². The van der Waals surface area contributed by atoms with E-state index in [4.69, 9.17) is 0 Å². The second-order valence-corrected chi connectivity index (χ2v) is 3.81. The fraction of sp³-hybridized carbons (Fsp3) is 1.00. The molecule has 0 radical (unpaired) electrons. The number of nitrogens with one attached hydrogen (secondary N) is 2. The molecule has 2 nitrogen and oxygen atoms in total. The standard InChI is InChI=1S/C9H18N2/c1-3-8(7-10-5-1)9-4-2-6-11-9/h8-11H,1-7H2/t8-,9-/m0/s1. The minimum absolute atomic E-state index is 0.836. The summed E-state index contributed by atoms with van der Waals surface area (Å²) in [6.45, 7) is 3.74. The molecule has 0 bridgehead atoms. The van der Waals surface area contributed by atoms with Gasteiger partial charge in [0.05, 0.1) is 0 Å². The maximum absolute atomic E-state index is 3.59. The van der Waals surface area contributed by atoms with Crippen molar-refractivity contribution in [3.8, 4) is 0 Å². The maximum Gasteiger partial charge on any atom is 0.0108 e. The molecule has 2 heterocycles. The van der Waals surface area contributed by atoms with E-state index in [0.717, 1.165) is 12.0 Å². The fourth-order valence-corrected chi connectivity index (χ4v) is 2.34. The summed E-state index contributed by atoms with van der Waals surface area (Å²) in [7, 11) is 0. The molecule has 2 fully saturated rings. The van der Waals surface area contributed by atoms with E-state index < -0.39 is 0 Å². The summed E-state index contributed by atoms with van der Waals surface area (Å²) >= 11 is 0. The van der Waals surface area contributed by atoms with Gasteiger partial charge in [-0.05, 0) is 51.2 Å². The third kappa shape index (κ3) is 1.74. The topological polar surface area (TPSA) is 24.1 Å². The van der Waals surface area contributed by atoms with Gasteiger partial charge in [-0.2, -0.15) is 0 Å². The average molecular weight is 154 g/mol. The lowest BCUT2D eigenvalue weighted by atomic mass is 9.91. The van der Waals surface area contributed by atoms with Gasteiger partial charge in [0.15, 0.2) is 0 Å². The van der Waals surface area contributed by atoms with Crippen LogP contribution in [-0.4, -0.2) is 25.7 Å². The summed E-state index contributed by atoms with van der Waals surface area (Å²) in [6.07, 6.45) is 5.61. The largest absolute Gasteiger partial charge is 0.316 e. The summed E-state index contributed by atoms with van der Waals surface area (Å²) in [4.78, 5) is 0. The predicted molar refractivity (Wildman–Crippen MR) is 46.6 cm³/mol. The van der Waals surface area contributed by atoms with Crippen molar-refractivity contribution in [3.63, 3.8) is 0 Å². The van der Waals surface area contributed by atoms with Crippen LogP contribution in [0.2, 0.25) is 0 Å². The lowest BCUT2D eigenvalue weighted by Crippen LogP contribution is -2.40. The molecule has 2 atom stereocenters. The lowest BCUT2D eigenvalue weighted by Gasteiger charge is -2.28. The van der Waals surface area contributed by atoms with E-state index in [1.165, 1.54) is 45.3 Å². The number of hydrogen-bond donors (Lipinski definition) is 2. The van der Waals surface area contributed by atoms with Crippen molar-refractivity contribution in [1.29, 1.82) is 0 Å². The van der Waals surface area contributed by atoms with E-state index in [0.29, 0.717) is 0 Å². The molecule has 0 spiro atoms. The molecule has 0 aromatic heterocycles. The quantitative estimate of drug-likeness (QED) is 0.582. The monoisotopic (exact) mass is 154 g/mol. The molecule has 0 aromatic rings. The number of hydrogen-bond acceptors (Lipinski definition) is 2. The summed E-state index contributed by atoms with van der Waals surface area (Å²) in [6, 6.07) is 0.836. The molecule has 11 heavy (non-hydrogen) atoms. The highest BCUT2D eigenvalue weighted by molar-refractivity contribution is 4.84. The first-order valence-electron chi connectivity index (χ1n) is 4.91. The molecular weight excluding hydrogens is 136 g/mol. The van der Waals surface area contributed by atoms with Gasteiger partial charge in [0.1, 0.15) is 0 Å². The molecule has 64 valence electrons. The highest BCUT2D eigenvalue weighted by atomic mass is 15.0. The molecule has 0 unspecified atom stereocenters. The van der Waals surface area contributed by atoms with Crippen LogP contribution in [0, 0.1) is 5.92 Å². The summed E-state index contributed by atoms with van der Waals surface area (Å²) in [5.74, 6) is 0.922. The van der Waals surface area contributed by atoms with Crippen molar-refractivity contribution < 1.29 is 0 Å². The van der Waals surface area contributed by atoms with Gasteiger partial charge in [-0.15, -0.1) is 0 Å². The average Bonchev–Trinajstić information content (AvgIpc) is 2.58. The van der Waals surface area contributed by atoms with E-state index in [-0.39, 0.29) is 0 Å². The number of rotatable bonds is 1. The molecule has 2 N–H and O–H groups in total. The first kappa shape index (κ1) is 7.56. The van der Waals surface area contributed by atoms with Gasteiger partial charge in [-0.1, -0.05) is 0 Å². The molecule has 2 aliphatic heterocycles. The minimum atomic E-state index is 0.836. The van der Waals surface area contributed by atoms with Gasteiger partial charge < -0.3 is 10.6 Å². The third-order valence-corrected chi connectivity index (χ3v) is 3.00. The van der Waals surface area contributed by atoms with Crippen LogP contribution in [0.1, 0.15) is 25.7 Å². The lowest BCUT2D eigenvalue weighted by molar-refractivity contribution is 0.304. The van der Waals surface area contributed by atoms with Crippen molar-refractivity contribution in [3.05, 3.63) is 0 Å². The molecule has 0 amide bonds. The van der Waals surface area contributed by atoms with Crippen LogP contribution in [0.15, 0.2) is 0 Å². The van der Waals surface area contributed by atoms with Crippen molar-refractivity contribution in [2.45, 2.75) is 31.7 Å². The molecule has 2 saturated heterocycles. The van der Waals surface area contributed by atoms with Crippen LogP contribution in [-0.2, 0) is 0 Å². The first-order valence-corrected chi connectivity index (χ1v) is 4.91.